The van der Waals surface area contributed by atoms with Crippen LogP contribution in [-0.4, -0.2) is 40.9 Å². The summed E-state index contributed by atoms with van der Waals surface area (Å²) in [5, 5.41) is 1.52. The molecule has 0 atom stereocenters. The van der Waals surface area contributed by atoms with E-state index in [1.54, 1.807) is 0 Å². The molecule has 0 unspecified atom stereocenters. The summed E-state index contributed by atoms with van der Waals surface area (Å²) in [6, 6.07) is 0. The van der Waals surface area contributed by atoms with Gasteiger partial charge in [-0.05, 0) is 0 Å². The lowest BCUT2D eigenvalue weighted by molar-refractivity contribution is -0.338. The first-order valence-electron chi connectivity index (χ1n) is 5.10. The Bertz CT molecular complexity index is 145. The van der Waals surface area contributed by atoms with Crippen LogP contribution < -0.4 is 0 Å². The molecule has 0 heterocycles. The van der Waals surface area contributed by atoms with Crippen molar-refractivity contribution in [3.63, 3.8) is 0 Å². The lowest BCUT2D eigenvalue weighted by atomic mass is 11.4. The van der Waals surface area contributed by atoms with Crippen LogP contribution in [0.4, 0.5) is 0 Å². The summed E-state index contributed by atoms with van der Waals surface area (Å²) in [5.41, 5.74) is 0. The molecule has 0 rings (SSSR count). The van der Waals surface area contributed by atoms with E-state index in [0.29, 0.717) is 0 Å². The highest BCUT2D eigenvalue weighted by atomic mass is 28.3. The number of hydroxylamine groups is 2. The molecule has 5 heteroatoms. The van der Waals surface area contributed by atoms with Crippen LogP contribution in [0.2, 0.25) is 39.3 Å². The molecule has 0 aromatic carbocycles. The summed E-state index contributed by atoms with van der Waals surface area (Å²) < 4.78 is 0. The van der Waals surface area contributed by atoms with Gasteiger partial charge in [-0.25, -0.2) is 0 Å². The molecule has 3 nitrogen and oxygen atoms in total. The van der Waals surface area contributed by atoms with Crippen LogP contribution in [0.1, 0.15) is 0 Å². The molecule has 0 aromatic heterocycles. The van der Waals surface area contributed by atoms with Crippen molar-refractivity contribution in [1.82, 2.24) is 5.23 Å². The quantitative estimate of drug-likeness (QED) is 0.522. The van der Waals surface area contributed by atoms with Crippen LogP contribution in [0.3, 0.4) is 0 Å². The molecule has 0 saturated heterocycles. The van der Waals surface area contributed by atoms with Crippen LogP contribution in [-0.2, 0) is 9.68 Å². The Morgan fingerprint density at radius 2 is 1.07 bits per heavy atom. The number of hydrogen-bond donors (Lipinski definition) is 0. The van der Waals surface area contributed by atoms with E-state index in [1.807, 2.05) is 7.05 Å². The Hall–Kier alpha value is 0.314. The smallest absolute Gasteiger partial charge is 0.0774 e. The molecule has 0 fully saturated rings. The minimum Gasteiger partial charge on any atom is -0.278 e. The highest BCUT2D eigenvalue weighted by molar-refractivity contribution is 6.76. The Kier molecular flexibility index (Phi) is 5.53. The molecule has 86 valence electrons. The van der Waals surface area contributed by atoms with Gasteiger partial charge in [-0.2, -0.15) is 0 Å². The van der Waals surface area contributed by atoms with Gasteiger partial charge in [-0.1, -0.05) is 44.5 Å². The highest BCUT2D eigenvalue weighted by Gasteiger charge is 2.18. The summed E-state index contributed by atoms with van der Waals surface area (Å²) in [7, 11) is -0.421. The topological polar surface area (TPSA) is 21.7 Å². The van der Waals surface area contributed by atoms with Gasteiger partial charge in [0.1, 0.15) is 0 Å². The van der Waals surface area contributed by atoms with Crippen molar-refractivity contribution >= 4 is 16.1 Å². The van der Waals surface area contributed by atoms with Gasteiger partial charge in [0.05, 0.1) is 28.6 Å². The maximum absolute atomic E-state index is 5.50. The fourth-order valence-electron chi connectivity index (χ4n) is 0.606. The second-order valence-electron chi connectivity index (χ2n) is 6.11. The van der Waals surface area contributed by atoms with Gasteiger partial charge < -0.3 is 0 Å². The zero-order valence-corrected chi connectivity index (χ0v) is 12.7. The third-order valence-corrected chi connectivity index (χ3v) is 3.35. The summed E-state index contributed by atoms with van der Waals surface area (Å²) >= 11 is 0. The Balaban J connectivity index is 3.62. The average Bonchev–Trinajstić information content (AvgIpc) is 1.94. The van der Waals surface area contributed by atoms with Crippen LogP contribution in [0, 0.1) is 0 Å². The van der Waals surface area contributed by atoms with Crippen LogP contribution in [0.15, 0.2) is 0 Å². The fourth-order valence-corrected chi connectivity index (χ4v) is 1.74. The molecule has 0 radical (unpaired) electrons. The van der Waals surface area contributed by atoms with Crippen LogP contribution in [0.25, 0.3) is 0 Å². The molecule has 0 spiro atoms. The number of nitrogens with zero attached hydrogens (tertiary/aromatic N) is 1. The first kappa shape index (κ1) is 14.3. The average molecular weight is 235 g/mol. The lowest BCUT2D eigenvalue weighted by Crippen LogP contribution is -2.37. The predicted octanol–water partition coefficient (Wildman–Crippen LogP) is 2.54. The zero-order valence-electron chi connectivity index (χ0n) is 10.7. The van der Waals surface area contributed by atoms with Crippen molar-refractivity contribution in [2.24, 2.45) is 0 Å². The molecular weight excluding hydrogens is 210 g/mol. The Morgan fingerprint density at radius 1 is 0.786 bits per heavy atom. The normalized spacial score (nSPS) is 13.7. The van der Waals surface area contributed by atoms with Crippen molar-refractivity contribution in [3.8, 4) is 0 Å². The van der Waals surface area contributed by atoms with Crippen molar-refractivity contribution in [1.29, 1.82) is 0 Å². The number of rotatable bonds is 6. The minimum absolute atomic E-state index is 0.815. The molecule has 14 heavy (non-hydrogen) atoms. The van der Waals surface area contributed by atoms with Gasteiger partial charge in [0.15, 0.2) is 0 Å². The largest absolute Gasteiger partial charge is 0.278 e. The van der Waals surface area contributed by atoms with Gasteiger partial charge in [-0.3, -0.25) is 9.68 Å². The van der Waals surface area contributed by atoms with Crippen molar-refractivity contribution in [3.05, 3.63) is 0 Å². The third kappa shape index (κ3) is 10.4. The monoisotopic (exact) mass is 235 g/mol. The lowest BCUT2D eigenvalue weighted by Gasteiger charge is -2.24. The van der Waals surface area contributed by atoms with Gasteiger partial charge >= 0.3 is 0 Å². The molecule has 0 aliphatic rings. The summed E-state index contributed by atoms with van der Waals surface area (Å²) in [5.74, 6) is 0. The van der Waals surface area contributed by atoms with E-state index >= 15 is 0 Å². The van der Waals surface area contributed by atoms with E-state index < -0.39 is 16.1 Å². The van der Waals surface area contributed by atoms with E-state index in [4.69, 9.17) is 9.68 Å². The first-order valence-corrected chi connectivity index (χ1v) is 12.5. The first-order chi connectivity index (χ1) is 6.10. The van der Waals surface area contributed by atoms with Gasteiger partial charge in [0.25, 0.3) is 0 Å². The molecule has 0 aliphatic carbocycles. The van der Waals surface area contributed by atoms with Crippen LogP contribution in [0.5, 0.6) is 0 Å². The molecule has 0 N–H and O–H groups in total. The fraction of sp³-hybridized carbons (Fsp3) is 1.00. The summed E-state index contributed by atoms with van der Waals surface area (Å²) in [6.45, 7) is 13.7. The minimum atomic E-state index is -1.13. The maximum Gasteiger partial charge on any atom is 0.0774 e. The molecular formula is C9H25NO2Si2. The highest BCUT2D eigenvalue weighted by Crippen LogP contribution is 2.05. The van der Waals surface area contributed by atoms with E-state index in [9.17, 15) is 0 Å². The zero-order chi connectivity index (χ0) is 11.4. The van der Waals surface area contributed by atoms with Crippen molar-refractivity contribution in [2.45, 2.75) is 39.3 Å². The number of hydrogen-bond acceptors (Lipinski definition) is 3. The summed E-state index contributed by atoms with van der Waals surface area (Å²) in [4.78, 5) is 11.0. The maximum atomic E-state index is 5.50. The van der Waals surface area contributed by atoms with E-state index in [-0.39, 0.29) is 0 Å². The van der Waals surface area contributed by atoms with Crippen molar-refractivity contribution < 1.29 is 9.68 Å². The van der Waals surface area contributed by atoms with E-state index in [2.05, 4.69) is 39.3 Å². The van der Waals surface area contributed by atoms with Crippen LogP contribution >= 0.6 is 0 Å². The van der Waals surface area contributed by atoms with Gasteiger partial charge in [0, 0.05) is 7.05 Å². The predicted molar refractivity (Wildman–Crippen MR) is 66.4 cm³/mol. The Labute approximate surface area is 90.3 Å². The second kappa shape index (κ2) is 5.41. The SMILES string of the molecule is CN(OC[Si](C)(C)C)OC[Si](C)(C)C. The molecule has 0 bridgehead atoms. The molecule has 0 saturated carbocycles. The molecule has 0 amide bonds. The second-order valence-corrected chi connectivity index (χ2v) is 16.9. The van der Waals surface area contributed by atoms with E-state index in [1.165, 1.54) is 5.23 Å². The standard InChI is InChI=1S/C9H25NO2Si2/c1-10(11-8-13(2,3)4)12-9-14(5,6)7/h8-9H2,1-7H3. The summed E-state index contributed by atoms with van der Waals surface area (Å²) in [6.07, 6.45) is 1.63. The third-order valence-electron chi connectivity index (χ3n) is 1.36. The van der Waals surface area contributed by atoms with Gasteiger partial charge in [-0.15, -0.1) is 0 Å². The molecule has 0 aliphatic heterocycles. The van der Waals surface area contributed by atoms with Crippen molar-refractivity contribution in [2.75, 3.05) is 19.5 Å². The van der Waals surface area contributed by atoms with Gasteiger partial charge in [0.2, 0.25) is 0 Å². The van der Waals surface area contributed by atoms with E-state index in [0.717, 1.165) is 12.5 Å². The molecule has 0 aromatic rings. The Morgan fingerprint density at radius 3 is 1.29 bits per heavy atom.